The SMILES string of the molecule is O=C(F)OC(F)(F)C(F)(F)C(F)(F)C(F)(F)C(F)(F)C(F)(F)C(F)(F)F. The lowest BCUT2D eigenvalue weighted by Crippen LogP contribution is -2.72. The van der Waals surface area contributed by atoms with E-state index in [4.69, 9.17) is 0 Å². The molecule has 0 unspecified atom stereocenters. The lowest BCUT2D eigenvalue weighted by atomic mass is 9.93. The minimum absolute atomic E-state index is 1.59. The highest BCUT2D eigenvalue weighted by Crippen LogP contribution is 2.62. The van der Waals surface area contributed by atoms with E-state index < -0.39 is 48.1 Å². The smallest absolute Gasteiger partial charge is 0.370 e. The van der Waals surface area contributed by atoms with Crippen molar-refractivity contribution in [1.29, 1.82) is 0 Å². The second-order valence-corrected chi connectivity index (χ2v) is 4.23. The number of carbonyl (C=O) groups is 1. The predicted octanol–water partition coefficient (Wildman–Crippen LogP) is 5.42. The maximum atomic E-state index is 12.9. The molecule has 0 aromatic heterocycles. The van der Waals surface area contributed by atoms with Crippen LogP contribution in [0.3, 0.4) is 0 Å². The minimum Gasteiger partial charge on any atom is -0.370 e. The number of carbonyl (C=O) groups excluding carboxylic acids is 1. The monoisotopic (exact) mass is 432 g/mol. The molecule has 0 aromatic carbocycles. The quantitative estimate of drug-likeness (QED) is 0.414. The van der Waals surface area contributed by atoms with Crippen LogP contribution in [0.4, 0.5) is 75.0 Å². The van der Waals surface area contributed by atoms with Gasteiger partial charge in [-0.05, 0) is 0 Å². The summed E-state index contributed by atoms with van der Waals surface area (Å²) in [6, 6.07) is 0. The number of halogens is 16. The number of rotatable bonds is 6. The number of hydrogen-bond acceptors (Lipinski definition) is 2. The zero-order chi connectivity index (χ0) is 21.8. The van der Waals surface area contributed by atoms with E-state index in [1.807, 2.05) is 0 Å². The molecule has 0 rings (SSSR count). The Morgan fingerprint density at radius 2 is 0.769 bits per heavy atom. The summed E-state index contributed by atoms with van der Waals surface area (Å²) in [7, 11) is 0. The molecule has 0 fully saturated rings. The number of hydrogen-bond donors (Lipinski definition) is 0. The van der Waals surface area contributed by atoms with Crippen molar-refractivity contribution in [3.63, 3.8) is 0 Å². The van der Waals surface area contributed by atoms with Gasteiger partial charge in [-0.15, -0.1) is 4.39 Å². The van der Waals surface area contributed by atoms with Crippen LogP contribution in [0, 0.1) is 0 Å². The largest absolute Gasteiger partial charge is 0.500 e. The van der Waals surface area contributed by atoms with E-state index in [1.54, 1.807) is 4.74 Å². The predicted molar refractivity (Wildman–Crippen MR) is 43.3 cm³/mol. The molecule has 2 nitrogen and oxygen atoms in total. The van der Waals surface area contributed by atoms with Crippen LogP contribution in [0.25, 0.3) is 0 Å². The molecule has 26 heavy (non-hydrogen) atoms. The van der Waals surface area contributed by atoms with Gasteiger partial charge in [0, 0.05) is 0 Å². The summed E-state index contributed by atoms with van der Waals surface area (Å²) in [5.74, 6) is -41.5. The molecule has 0 aliphatic rings. The normalized spacial score (nSPS) is 15.8. The van der Waals surface area contributed by atoms with E-state index in [-0.39, 0.29) is 0 Å². The molecule has 0 saturated carbocycles. The molecule has 0 spiro atoms. The Morgan fingerprint density at radius 3 is 1.04 bits per heavy atom. The Labute approximate surface area is 129 Å². The Morgan fingerprint density at radius 1 is 0.500 bits per heavy atom. The van der Waals surface area contributed by atoms with Crippen molar-refractivity contribution in [2.24, 2.45) is 0 Å². The van der Waals surface area contributed by atoms with Crippen molar-refractivity contribution in [2.75, 3.05) is 0 Å². The van der Waals surface area contributed by atoms with E-state index in [0.29, 0.717) is 0 Å². The van der Waals surface area contributed by atoms with Gasteiger partial charge in [0.15, 0.2) is 0 Å². The van der Waals surface area contributed by atoms with Crippen LogP contribution in [0.1, 0.15) is 0 Å². The van der Waals surface area contributed by atoms with Crippen LogP contribution in [-0.4, -0.2) is 48.1 Å². The average Bonchev–Trinajstić information content (AvgIpc) is 2.34. The summed E-state index contributed by atoms with van der Waals surface area (Å²) in [4.78, 5) is 9.42. The number of alkyl halides is 15. The van der Waals surface area contributed by atoms with Gasteiger partial charge in [0.05, 0.1) is 0 Å². The molecule has 0 N–H and O–H groups in total. The topological polar surface area (TPSA) is 26.3 Å². The van der Waals surface area contributed by atoms with Crippen LogP contribution in [0.15, 0.2) is 0 Å². The van der Waals surface area contributed by atoms with Crippen molar-refractivity contribution < 1.29 is 79.8 Å². The Bertz CT molecular complexity index is 545. The fourth-order valence-corrected chi connectivity index (χ4v) is 1.12. The van der Waals surface area contributed by atoms with Crippen molar-refractivity contribution >= 4 is 6.22 Å². The van der Waals surface area contributed by atoms with Crippen LogP contribution in [0.2, 0.25) is 0 Å². The lowest BCUT2D eigenvalue weighted by molar-refractivity contribution is -0.467. The van der Waals surface area contributed by atoms with Gasteiger partial charge in [-0.1, -0.05) is 0 Å². The minimum atomic E-state index is -8.52. The van der Waals surface area contributed by atoms with Crippen molar-refractivity contribution in [2.45, 2.75) is 41.9 Å². The van der Waals surface area contributed by atoms with Crippen LogP contribution in [0.5, 0.6) is 0 Å². The van der Waals surface area contributed by atoms with Gasteiger partial charge in [0.1, 0.15) is 0 Å². The molecule has 0 bridgehead atoms. The van der Waals surface area contributed by atoms with Gasteiger partial charge in [0.25, 0.3) is 0 Å². The summed E-state index contributed by atoms with van der Waals surface area (Å²) < 4.78 is 200. The third kappa shape index (κ3) is 3.10. The third-order valence-corrected chi connectivity index (χ3v) is 2.51. The second-order valence-electron chi connectivity index (χ2n) is 4.23. The summed E-state index contributed by atoms with van der Waals surface area (Å²) in [5.41, 5.74) is 0. The molecule has 156 valence electrons. The molecule has 0 aliphatic carbocycles. The van der Waals surface area contributed by atoms with Gasteiger partial charge < -0.3 is 4.74 Å². The Balaban J connectivity index is 6.46. The Hall–Kier alpha value is -1.65. The molecule has 0 amide bonds. The molecular formula is C8F16O2. The van der Waals surface area contributed by atoms with Crippen LogP contribution < -0.4 is 0 Å². The zero-order valence-corrected chi connectivity index (χ0v) is 10.9. The fraction of sp³-hybridized carbons (Fsp3) is 0.875. The Kier molecular flexibility index (Phi) is 5.55. The molecule has 0 atom stereocenters. The molecule has 0 heterocycles. The third-order valence-electron chi connectivity index (χ3n) is 2.51. The highest BCUT2D eigenvalue weighted by molar-refractivity contribution is 5.58. The van der Waals surface area contributed by atoms with Crippen molar-refractivity contribution in [1.82, 2.24) is 0 Å². The first-order valence-corrected chi connectivity index (χ1v) is 5.14. The molecule has 0 aliphatic heterocycles. The maximum absolute atomic E-state index is 12.9. The lowest BCUT2D eigenvalue weighted by Gasteiger charge is -2.40. The summed E-state index contributed by atoms with van der Waals surface area (Å²) in [6.07, 6.45) is -19.1. The first kappa shape index (κ1) is 24.3. The molecule has 18 heteroatoms. The van der Waals surface area contributed by atoms with Gasteiger partial charge in [-0.3, -0.25) is 0 Å². The van der Waals surface area contributed by atoms with E-state index in [2.05, 4.69) is 0 Å². The molecule has 0 aromatic rings. The number of ether oxygens (including phenoxy) is 1. The van der Waals surface area contributed by atoms with Crippen molar-refractivity contribution in [3.8, 4) is 0 Å². The van der Waals surface area contributed by atoms with Crippen molar-refractivity contribution in [3.05, 3.63) is 0 Å². The standard InChI is InChI=1S/C8F16O2/c9-1(25)26-8(23,24)6(18,19)4(14,15)2(10,11)3(12,13)5(16,17)7(20,21)22. The average molecular weight is 432 g/mol. The molecule has 0 radical (unpaired) electrons. The zero-order valence-electron chi connectivity index (χ0n) is 10.9. The van der Waals surface area contributed by atoms with Gasteiger partial charge in [-0.25, -0.2) is 4.79 Å². The van der Waals surface area contributed by atoms with E-state index in [0.717, 1.165) is 0 Å². The van der Waals surface area contributed by atoms with E-state index in [9.17, 15) is 75.0 Å². The highest BCUT2D eigenvalue weighted by Gasteiger charge is 2.94. The molecule has 0 saturated heterocycles. The summed E-state index contributed by atoms with van der Waals surface area (Å²) in [6.45, 7) is 0. The fourth-order valence-electron chi connectivity index (χ4n) is 1.12. The van der Waals surface area contributed by atoms with E-state index >= 15 is 0 Å². The second kappa shape index (κ2) is 5.93. The summed E-state index contributed by atoms with van der Waals surface area (Å²) >= 11 is 0. The van der Waals surface area contributed by atoms with Gasteiger partial charge >= 0.3 is 48.1 Å². The first-order chi connectivity index (χ1) is 10.9. The van der Waals surface area contributed by atoms with Gasteiger partial charge in [0.2, 0.25) is 0 Å². The van der Waals surface area contributed by atoms with Crippen LogP contribution >= 0.6 is 0 Å². The van der Waals surface area contributed by atoms with E-state index in [1.165, 1.54) is 0 Å². The maximum Gasteiger partial charge on any atom is 0.500 e. The molecular weight excluding hydrogens is 432 g/mol. The summed E-state index contributed by atoms with van der Waals surface area (Å²) in [5, 5.41) is 0. The van der Waals surface area contributed by atoms with Gasteiger partial charge in [-0.2, -0.15) is 65.9 Å². The first-order valence-electron chi connectivity index (χ1n) is 5.14. The highest BCUT2D eigenvalue weighted by atomic mass is 19.4. The van der Waals surface area contributed by atoms with Crippen LogP contribution in [-0.2, 0) is 4.74 Å².